The van der Waals surface area contributed by atoms with Gasteiger partial charge in [0, 0.05) is 10.5 Å². The van der Waals surface area contributed by atoms with Gasteiger partial charge in [-0.15, -0.1) is 0 Å². The lowest BCUT2D eigenvalue weighted by Crippen LogP contribution is -2.38. The summed E-state index contributed by atoms with van der Waals surface area (Å²) in [5.41, 5.74) is 0.000376. The summed E-state index contributed by atoms with van der Waals surface area (Å²) >= 11 is 3.07. The van der Waals surface area contributed by atoms with Crippen molar-refractivity contribution in [1.82, 2.24) is 0 Å². The number of nitrogens with one attached hydrogen (secondary N) is 1. The fourth-order valence-corrected chi connectivity index (χ4v) is 2.61. The molecule has 1 nitrogen and oxygen atoms in total. The Morgan fingerprint density at radius 2 is 1.76 bits per heavy atom. The van der Waals surface area contributed by atoms with E-state index in [1.165, 1.54) is 12.1 Å². The van der Waals surface area contributed by atoms with E-state index in [4.69, 9.17) is 0 Å². The largest absolute Gasteiger partial charge is 0.378 e. The van der Waals surface area contributed by atoms with Gasteiger partial charge in [0.1, 0.15) is 17.3 Å². The zero-order valence-corrected chi connectivity index (χ0v) is 11.5. The SMILES string of the molecule is CC(C)C1CC(Nc2c(F)cc(Br)cc2F)C1. The molecular formula is C13H16BrF2N. The number of hydrogen-bond acceptors (Lipinski definition) is 1. The van der Waals surface area contributed by atoms with Crippen LogP contribution >= 0.6 is 15.9 Å². The van der Waals surface area contributed by atoms with E-state index in [0.29, 0.717) is 16.3 Å². The number of halogens is 3. The molecule has 0 radical (unpaired) electrons. The smallest absolute Gasteiger partial charge is 0.150 e. The molecule has 2 rings (SSSR count). The van der Waals surface area contributed by atoms with Crippen LogP contribution in [0.3, 0.4) is 0 Å². The molecule has 0 aliphatic heterocycles. The summed E-state index contributed by atoms with van der Waals surface area (Å²) in [7, 11) is 0. The van der Waals surface area contributed by atoms with Gasteiger partial charge >= 0.3 is 0 Å². The van der Waals surface area contributed by atoms with E-state index in [0.717, 1.165) is 12.8 Å². The third-order valence-electron chi connectivity index (χ3n) is 3.47. The fraction of sp³-hybridized carbons (Fsp3) is 0.538. The first-order chi connectivity index (χ1) is 7.97. The Morgan fingerprint density at radius 3 is 2.24 bits per heavy atom. The van der Waals surface area contributed by atoms with Crippen molar-refractivity contribution in [1.29, 1.82) is 0 Å². The Labute approximate surface area is 109 Å². The lowest BCUT2D eigenvalue weighted by Gasteiger charge is -2.39. The van der Waals surface area contributed by atoms with Gasteiger partial charge in [0.15, 0.2) is 0 Å². The Balaban J connectivity index is 2.01. The topological polar surface area (TPSA) is 12.0 Å². The second-order valence-electron chi connectivity index (χ2n) is 5.06. The van der Waals surface area contributed by atoms with Crippen molar-refractivity contribution in [2.24, 2.45) is 11.8 Å². The third-order valence-corrected chi connectivity index (χ3v) is 3.93. The second-order valence-corrected chi connectivity index (χ2v) is 5.98. The van der Waals surface area contributed by atoms with Crippen LogP contribution < -0.4 is 5.32 Å². The number of rotatable bonds is 3. The fourth-order valence-electron chi connectivity index (χ4n) is 2.21. The van der Waals surface area contributed by atoms with Gasteiger partial charge in [-0.1, -0.05) is 29.8 Å². The van der Waals surface area contributed by atoms with Gasteiger partial charge in [-0.25, -0.2) is 8.78 Å². The van der Waals surface area contributed by atoms with E-state index in [-0.39, 0.29) is 11.7 Å². The maximum atomic E-state index is 13.6. The molecule has 0 atom stereocenters. The predicted molar refractivity (Wildman–Crippen MR) is 69.0 cm³/mol. The van der Waals surface area contributed by atoms with Crippen molar-refractivity contribution < 1.29 is 8.78 Å². The van der Waals surface area contributed by atoms with Crippen LogP contribution in [0, 0.1) is 23.5 Å². The van der Waals surface area contributed by atoms with Crippen molar-refractivity contribution in [3.8, 4) is 0 Å². The summed E-state index contributed by atoms with van der Waals surface area (Å²) in [6.07, 6.45) is 1.99. The highest BCUT2D eigenvalue weighted by molar-refractivity contribution is 9.10. The first kappa shape index (κ1) is 12.8. The second kappa shape index (κ2) is 4.92. The minimum absolute atomic E-state index is 0.000376. The molecule has 4 heteroatoms. The molecule has 0 bridgehead atoms. The van der Waals surface area contributed by atoms with Crippen LogP contribution in [0.4, 0.5) is 14.5 Å². The molecule has 1 aliphatic rings. The number of hydrogen-bond donors (Lipinski definition) is 1. The molecule has 0 unspecified atom stereocenters. The summed E-state index contributed by atoms with van der Waals surface area (Å²) in [5.74, 6) is 0.247. The van der Waals surface area contributed by atoms with Crippen LogP contribution in [0.1, 0.15) is 26.7 Å². The van der Waals surface area contributed by atoms with E-state index in [1.54, 1.807) is 0 Å². The number of anilines is 1. The third kappa shape index (κ3) is 2.79. The molecule has 0 saturated heterocycles. The van der Waals surface area contributed by atoms with Crippen molar-refractivity contribution in [3.63, 3.8) is 0 Å². The molecule has 0 aromatic heterocycles. The highest BCUT2D eigenvalue weighted by Crippen LogP contribution is 2.36. The van der Waals surface area contributed by atoms with Crippen LogP contribution in [0.5, 0.6) is 0 Å². The molecule has 0 amide bonds. The first-order valence-electron chi connectivity index (χ1n) is 5.88. The molecule has 1 aromatic rings. The Bertz CT molecular complexity index is 391. The quantitative estimate of drug-likeness (QED) is 0.862. The Kier molecular flexibility index (Phi) is 3.71. The summed E-state index contributed by atoms with van der Waals surface area (Å²) in [5, 5.41) is 2.96. The van der Waals surface area contributed by atoms with Gasteiger partial charge in [0.05, 0.1) is 0 Å². The van der Waals surface area contributed by atoms with Crippen molar-refractivity contribution in [2.75, 3.05) is 5.32 Å². The van der Waals surface area contributed by atoms with E-state index < -0.39 is 11.6 Å². The monoisotopic (exact) mass is 303 g/mol. The van der Waals surface area contributed by atoms with Crippen LogP contribution in [-0.2, 0) is 0 Å². The summed E-state index contributed by atoms with van der Waals surface area (Å²) < 4.78 is 27.5. The van der Waals surface area contributed by atoms with Crippen LogP contribution in [0.15, 0.2) is 16.6 Å². The highest BCUT2D eigenvalue weighted by Gasteiger charge is 2.32. The molecule has 1 aliphatic carbocycles. The van der Waals surface area contributed by atoms with Crippen molar-refractivity contribution >= 4 is 21.6 Å². The average molecular weight is 304 g/mol. The maximum absolute atomic E-state index is 13.6. The lowest BCUT2D eigenvalue weighted by molar-refractivity contribution is 0.211. The van der Waals surface area contributed by atoms with Gasteiger partial charge in [-0.2, -0.15) is 0 Å². The van der Waals surface area contributed by atoms with Gasteiger partial charge < -0.3 is 5.32 Å². The molecule has 1 N–H and O–H groups in total. The zero-order valence-electron chi connectivity index (χ0n) is 9.93. The van der Waals surface area contributed by atoms with Crippen LogP contribution in [0.25, 0.3) is 0 Å². The molecule has 94 valence electrons. The van der Waals surface area contributed by atoms with Gasteiger partial charge in [0.25, 0.3) is 0 Å². The normalized spacial score (nSPS) is 23.6. The summed E-state index contributed by atoms with van der Waals surface area (Å²) in [6, 6.07) is 2.76. The van der Waals surface area contributed by atoms with Crippen LogP contribution in [-0.4, -0.2) is 6.04 Å². The zero-order chi connectivity index (χ0) is 12.6. The van der Waals surface area contributed by atoms with E-state index in [2.05, 4.69) is 35.1 Å². The van der Waals surface area contributed by atoms with E-state index in [9.17, 15) is 8.78 Å². The minimum Gasteiger partial charge on any atom is -0.378 e. The number of benzene rings is 1. The minimum atomic E-state index is -0.537. The molecule has 0 heterocycles. The van der Waals surface area contributed by atoms with E-state index >= 15 is 0 Å². The molecule has 1 saturated carbocycles. The Hall–Kier alpha value is -0.640. The first-order valence-corrected chi connectivity index (χ1v) is 6.67. The van der Waals surface area contributed by atoms with Gasteiger partial charge in [-0.3, -0.25) is 0 Å². The van der Waals surface area contributed by atoms with Crippen molar-refractivity contribution in [2.45, 2.75) is 32.7 Å². The van der Waals surface area contributed by atoms with Gasteiger partial charge in [-0.05, 0) is 36.8 Å². The summed E-state index contributed by atoms with van der Waals surface area (Å²) in [6.45, 7) is 4.36. The van der Waals surface area contributed by atoms with Crippen molar-refractivity contribution in [3.05, 3.63) is 28.2 Å². The standard InChI is InChI=1S/C13H16BrF2N/c1-7(2)8-3-10(4-8)17-13-11(15)5-9(14)6-12(13)16/h5-8,10,17H,3-4H2,1-2H3. The molecule has 0 spiro atoms. The van der Waals surface area contributed by atoms with Crippen LogP contribution in [0.2, 0.25) is 0 Å². The predicted octanol–water partition coefficient (Wildman–Crippen LogP) is 4.57. The molecular weight excluding hydrogens is 288 g/mol. The Morgan fingerprint density at radius 1 is 1.24 bits per heavy atom. The maximum Gasteiger partial charge on any atom is 0.150 e. The molecule has 17 heavy (non-hydrogen) atoms. The van der Waals surface area contributed by atoms with E-state index in [1.807, 2.05) is 0 Å². The lowest BCUT2D eigenvalue weighted by atomic mass is 9.73. The average Bonchev–Trinajstić information content (AvgIpc) is 2.12. The van der Waals surface area contributed by atoms with Gasteiger partial charge in [0.2, 0.25) is 0 Å². The molecule has 1 fully saturated rings. The highest BCUT2D eigenvalue weighted by atomic mass is 79.9. The molecule has 1 aromatic carbocycles. The summed E-state index contributed by atoms with van der Waals surface area (Å²) in [4.78, 5) is 0.